The zero-order valence-electron chi connectivity index (χ0n) is 14.4. The molecule has 0 aliphatic rings. The van der Waals surface area contributed by atoms with Gasteiger partial charge in [-0.1, -0.05) is 45.7 Å². The Labute approximate surface area is 146 Å². The quantitative estimate of drug-likeness (QED) is 0.832. The number of benzene rings is 1. The molecular weight excluding hydrogens is 331 g/mol. The number of carboxylic acids is 1. The first-order chi connectivity index (χ1) is 11.1. The minimum Gasteiger partial charge on any atom is -0.478 e. The Hall–Kier alpha value is -1.88. The largest absolute Gasteiger partial charge is 0.478 e. The summed E-state index contributed by atoms with van der Waals surface area (Å²) in [5.41, 5.74) is 1.86. The van der Waals surface area contributed by atoms with Gasteiger partial charge in [-0.25, -0.2) is 13.9 Å². The zero-order valence-corrected chi connectivity index (χ0v) is 15.1. The maximum atomic E-state index is 13.4. The highest BCUT2D eigenvalue weighted by molar-refractivity contribution is 6.30. The van der Waals surface area contributed by atoms with Crippen LogP contribution in [0.2, 0.25) is 5.02 Å². The Morgan fingerprint density at radius 1 is 1.38 bits per heavy atom. The molecule has 0 saturated heterocycles. The van der Waals surface area contributed by atoms with Gasteiger partial charge in [-0.2, -0.15) is 5.10 Å². The summed E-state index contributed by atoms with van der Waals surface area (Å²) >= 11 is 5.88. The van der Waals surface area contributed by atoms with E-state index in [0.717, 1.165) is 6.42 Å². The molecule has 0 fully saturated rings. The SMILES string of the molecule is CCCc1c(C(=O)O)c(CC(C)(C)C)nn1-c1ccc(F)c(Cl)c1. The van der Waals surface area contributed by atoms with Crippen LogP contribution in [-0.4, -0.2) is 20.9 Å². The smallest absolute Gasteiger partial charge is 0.339 e. The minimum absolute atomic E-state index is 0.0142. The van der Waals surface area contributed by atoms with Crippen LogP contribution in [0.1, 0.15) is 55.9 Å². The molecule has 2 aromatic rings. The maximum Gasteiger partial charge on any atom is 0.339 e. The molecule has 0 amide bonds. The lowest BCUT2D eigenvalue weighted by molar-refractivity contribution is 0.0694. The van der Waals surface area contributed by atoms with Crippen molar-refractivity contribution in [3.05, 3.63) is 46.0 Å². The van der Waals surface area contributed by atoms with Crippen molar-refractivity contribution in [1.82, 2.24) is 9.78 Å². The van der Waals surface area contributed by atoms with Crippen molar-refractivity contribution in [1.29, 1.82) is 0 Å². The summed E-state index contributed by atoms with van der Waals surface area (Å²) in [5.74, 6) is -1.50. The van der Waals surface area contributed by atoms with E-state index in [-0.39, 0.29) is 16.0 Å². The highest BCUT2D eigenvalue weighted by Gasteiger charge is 2.26. The second kappa shape index (κ2) is 6.93. The summed E-state index contributed by atoms with van der Waals surface area (Å²) in [7, 11) is 0. The number of aromatic nitrogens is 2. The molecule has 0 bridgehead atoms. The van der Waals surface area contributed by atoms with Crippen LogP contribution >= 0.6 is 11.6 Å². The van der Waals surface area contributed by atoms with Gasteiger partial charge in [0.15, 0.2) is 0 Å². The van der Waals surface area contributed by atoms with Crippen LogP contribution in [0.5, 0.6) is 0 Å². The summed E-state index contributed by atoms with van der Waals surface area (Å²) in [6.45, 7) is 8.08. The van der Waals surface area contributed by atoms with Crippen molar-refractivity contribution < 1.29 is 14.3 Å². The van der Waals surface area contributed by atoms with Gasteiger partial charge in [0.2, 0.25) is 0 Å². The van der Waals surface area contributed by atoms with Gasteiger partial charge < -0.3 is 5.11 Å². The number of carboxylic acid groups (broad SMARTS) is 1. The molecule has 0 unspecified atom stereocenters. The van der Waals surface area contributed by atoms with Gasteiger partial charge in [0.05, 0.1) is 22.1 Å². The Bertz CT molecular complexity index is 763. The second-order valence-corrected chi connectivity index (χ2v) is 7.48. The standard InChI is InChI=1S/C18H22ClFN2O2/c1-5-6-15-16(17(23)24)14(10-18(2,3)4)21-22(15)11-7-8-13(20)12(19)9-11/h7-9H,5-6,10H2,1-4H3,(H,23,24). The van der Waals surface area contributed by atoms with Crippen molar-refractivity contribution in [3.8, 4) is 5.69 Å². The van der Waals surface area contributed by atoms with E-state index in [1.807, 2.05) is 27.7 Å². The van der Waals surface area contributed by atoms with Crippen molar-refractivity contribution in [2.24, 2.45) is 5.41 Å². The molecule has 2 rings (SSSR count). The molecular formula is C18H22ClFN2O2. The molecule has 0 atom stereocenters. The molecule has 130 valence electrons. The van der Waals surface area contributed by atoms with Crippen molar-refractivity contribution >= 4 is 17.6 Å². The molecule has 0 radical (unpaired) electrons. The van der Waals surface area contributed by atoms with Crippen molar-refractivity contribution in [3.63, 3.8) is 0 Å². The monoisotopic (exact) mass is 352 g/mol. The summed E-state index contributed by atoms with van der Waals surface area (Å²) in [5, 5.41) is 14.2. The summed E-state index contributed by atoms with van der Waals surface area (Å²) in [6.07, 6.45) is 1.87. The molecule has 1 heterocycles. The number of aromatic carboxylic acids is 1. The molecule has 4 nitrogen and oxygen atoms in total. The van der Waals surface area contributed by atoms with Gasteiger partial charge in [-0.3, -0.25) is 0 Å². The first-order valence-electron chi connectivity index (χ1n) is 7.93. The van der Waals surface area contributed by atoms with Gasteiger partial charge in [-0.15, -0.1) is 0 Å². The number of carbonyl (C=O) groups is 1. The van der Waals surface area contributed by atoms with Crippen LogP contribution < -0.4 is 0 Å². The predicted octanol–water partition coefficient (Wildman–Crippen LogP) is 4.90. The lowest BCUT2D eigenvalue weighted by atomic mass is 9.89. The van der Waals surface area contributed by atoms with Crippen LogP contribution in [0.25, 0.3) is 5.69 Å². The van der Waals surface area contributed by atoms with Gasteiger partial charge >= 0.3 is 5.97 Å². The molecule has 1 aromatic carbocycles. The molecule has 0 spiro atoms. The lowest BCUT2D eigenvalue weighted by Crippen LogP contribution is -2.13. The minimum atomic E-state index is -0.989. The summed E-state index contributed by atoms with van der Waals surface area (Å²) in [4.78, 5) is 11.8. The first kappa shape index (κ1) is 18.5. The van der Waals surface area contributed by atoms with Crippen LogP contribution in [0, 0.1) is 11.2 Å². The third-order valence-electron chi connectivity index (χ3n) is 3.60. The highest BCUT2D eigenvalue weighted by atomic mass is 35.5. The van der Waals surface area contributed by atoms with E-state index >= 15 is 0 Å². The van der Waals surface area contributed by atoms with Crippen molar-refractivity contribution in [2.75, 3.05) is 0 Å². The molecule has 24 heavy (non-hydrogen) atoms. The fraction of sp³-hybridized carbons (Fsp3) is 0.444. The Morgan fingerprint density at radius 3 is 2.54 bits per heavy atom. The predicted molar refractivity (Wildman–Crippen MR) is 92.6 cm³/mol. The molecule has 6 heteroatoms. The summed E-state index contributed by atoms with van der Waals surface area (Å²) in [6, 6.07) is 4.29. The number of hydrogen-bond donors (Lipinski definition) is 1. The third-order valence-corrected chi connectivity index (χ3v) is 3.89. The van der Waals surface area contributed by atoms with Gasteiger partial charge in [0.25, 0.3) is 0 Å². The lowest BCUT2D eigenvalue weighted by Gasteiger charge is -2.16. The van der Waals surface area contributed by atoms with E-state index in [2.05, 4.69) is 5.10 Å². The molecule has 0 saturated carbocycles. The topological polar surface area (TPSA) is 55.1 Å². The normalized spacial score (nSPS) is 11.8. The van der Waals surface area contributed by atoms with Crippen LogP contribution in [0.15, 0.2) is 18.2 Å². The van der Waals surface area contributed by atoms with E-state index in [4.69, 9.17) is 11.6 Å². The molecule has 1 aromatic heterocycles. The van der Waals surface area contributed by atoms with Crippen LogP contribution in [-0.2, 0) is 12.8 Å². The average Bonchev–Trinajstić information content (AvgIpc) is 2.78. The van der Waals surface area contributed by atoms with Crippen molar-refractivity contribution in [2.45, 2.75) is 47.0 Å². The van der Waals surface area contributed by atoms with Gasteiger partial charge in [-0.05, 0) is 36.5 Å². The highest BCUT2D eigenvalue weighted by Crippen LogP contribution is 2.28. The molecule has 1 N–H and O–H groups in total. The van der Waals surface area contributed by atoms with E-state index in [1.54, 1.807) is 10.7 Å². The second-order valence-electron chi connectivity index (χ2n) is 7.07. The number of halogens is 2. The average molecular weight is 353 g/mol. The first-order valence-corrected chi connectivity index (χ1v) is 8.31. The van der Waals surface area contributed by atoms with E-state index in [0.29, 0.717) is 29.9 Å². The van der Waals surface area contributed by atoms with Gasteiger partial charge in [0.1, 0.15) is 11.4 Å². The van der Waals surface area contributed by atoms with Gasteiger partial charge in [0, 0.05) is 0 Å². The molecule has 0 aliphatic heterocycles. The number of rotatable bonds is 5. The number of hydrogen-bond acceptors (Lipinski definition) is 2. The Balaban J connectivity index is 2.67. The Morgan fingerprint density at radius 2 is 2.04 bits per heavy atom. The fourth-order valence-electron chi connectivity index (χ4n) is 2.67. The summed E-state index contributed by atoms with van der Waals surface area (Å²) < 4.78 is 15.0. The van der Waals surface area contributed by atoms with E-state index in [9.17, 15) is 14.3 Å². The van der Waals surface area contributed by atoms with Crippen LogP contribution in [0.4, 0.5) is 4.39 Å². The molecule has 0 aliphatic carbocycles. The fourth-order valence-corrected chi connectivity index (χ4v) is 2.85. The Kier molecular flexibility index (Phi) is 5.33. The zero-order chi connectivity index (χ0) is 18.1. The van der Waals surface area contributed by atoms with Crippen LogP contribution in [0.3, 0.4) is 0 Å². The van der Waals surface area contributed by atoms with E-state index < -0.39 is 11.8 Å². The number of nitrogens with zero attached hydrogens (tertiary/aromatic N) is 2. The third kappa shape index (κ3) is 3.96. The van der Waals surface area contributed by atoms with E-state index in [1.165, 1.54) is 12.1 Å². The maximum absolute atomic E-state index is 13.4.